The number of aliphatic hydroxyl groups is 1. The smallest absolute Gasteiger partial charge is 0.422 e. The van der Waals surface area contributed by atoms with Crippen molar-refractivity contribution in [2.24, 2.45) is 5.92 Å². The number of pyridine rings is 1. The second kappa shape index (κ2) is 16.3. The summed E-state index contributed by atoms with van der Waals surface area (Å²) in [6.45, 7) is 0.228. The zero-order valence-corrected chi connectivity index (χ0v) is 29.6. The number of carbonyl (C=O) groups is 2. The Labute approximate surface area is 311 Å². The molecule has 270 valence electrons. The average molecular weight is 774 g/mol. The molecule has 2 aromatic heterocycles. The number of carbonyl (C=O) groups excluding carboxylic acids is 1. The third-order valence-corrected chi connectivity index (χ3v) is 8.69. The number of carboxylic acids is 1. The van der Waals surface area contributed by atoms with E-state index in [2.05, 4.69) is 20.3 Å². The van der Waals surface area contributed by atoms with Gasteiger partial charge in [-0.05, 0) is 73.7 Å². The van der Waals surface area contributed by atoms with E-state index in [1.807, 2.05) is 12.1 Å². The fourth-order valence-corrected chi connectivity index (χ4v) is 5.39. The summed E-state index contributed by atoms with van der Waals surface area (Å²) >= 11 is 17.7. The molecule has 1 saturated carbocycles. The Bertz CT molecular complexity index is 2040. The van der Waals surface area contributed by atoms with Crippen molar-refractivity contribution >= 4 is 46.7 Å². The molecule has 1 aliphatic rings. The Morgan fingerprint density at radius 1 is 0.827 bits per heavy atom. The monoisotopic (exact) mass is 772 g/mol. The van der Waals surface area contributed by atoms with E-state index in [0.29, 0.717) is 32.0 Å². The number of carboxylic acid groups (broad SMARTS) is 1. The van der Waals surface area contributed by atoms with Gasteiger partial charge in [-0.1, -0.05) is 71.2 Å². The maximum atomic E-state index is 12.6. The molecular weight excluding hydrogens is 744 g/mol. The largest absolute Gasteiger partial charge is 0.476 e. The van der Waals surface area contributed by atoms with E-state index in [1.165, 1.54) is 12.3 Å². The first kappa shape index (κ1) is 38.5. The zero-order valence-electron chi connectivity index (χ0n) is 27.3. The average Bonchev–Trinajstić information content (AvgIpc) is 3.98. The first-order valence-corrected chi connectivity index (χ1v) is 16.8. The maximum absolute atomic E-state index is 12.6. The van der Waals surface area contributed by atoms with Gasteiger partial charge in [0.1, 0.15) is 0 Å². The maximum Gasteiger partial charge on any atom is 0.422 e. The number of nitrogens with zero attached hydrogens (tertiary/aromatic N) is 3. The van der Waals surface area contributed by atoms with Gasteiger partial charge in [0.05, 0.1) is 28.7 Å². The van der Waals surface area contributed by atoms with Gasteiger partial charge in [-0.3, -0.25) is 9.78 Å². The standard InChI is InChI=1S/C20H20ClF3N2O3.C17H10Cl2N2O2/c1-19(28,14-4-5-14)10-26-17(27)13-8-16(12-2-6-15(21)7-3-12)18(25-9-13)29-11-20(22,23)24;18-12-5-1-10(2-6-12)15-16(11-3-7-13(19)8-4-11)21-14(9-20-15)17(22)23/h2-3,6-9,14,28H,4-5,10-11H2,1H3,(H,26,27);1-9H,(H,22,23). The van der Waals surface area contributed by atoms with Crippen LogP contribution in [0, 0.1) is 5.92 Å². The van der Waals surface area contributed by atoms with Gasteiger partial charge < -0.3 is 20.3 Å². The highest BCUT2D eigenvalue weighted by atomic mass is 35.5. The van der Waals surface area contributed by atoms with Crippen LogP contribution in [0.2, 0.25) is 15.1 Å². The Hall–Kier alpha value is -4.75. The first-order chi connectivity index (χ1) is 24.6. The lowest BCUT2D eigenvalue weighted by atomic mass is 10.0. The number of hydrogen-bond donors (Lipinski definition) is 3. The van der Waals surface area contributed by atoms with Crippen molar-refractivity contribution in [3.63, 3.8) is 0 Å². The summed E-state index contributed by atoms with van der Waals surface area (Å²) in [6, 6.07) is 21.9. The molecule has 1 fully saturated rings. The number of rotatable bonds is 10. The van der Waals surface area contributed by atoms with Gasteiger partial charge in [0, 0.05) is 44.5 Å². The lowest BCUT2D eigenvalue weighted by Gasteiger charge is -2.23. The summed E-state index contributed by atoms with van der Waals surface area (Å²) in [5, 5.41) is 23.8. The minimum absolute atomic E-state index is 0.0686. The van der Waals surface area contributed by atoms with E-state index in [-0.39, 0.29) is 35.2 Å². The lowest BCUT2D eigenvalue weighted by Crippen LogP contribution is -2.42. The van der Waals surface area contributed by atoms with Crippen LogP contribution in [0.1, 0.15) is 40.6 Å². The number of halogens is 6. The van der Waals surface area contributed by atoms with Crippen LogP contribution in [0.25, 0.3) is 33.6 Å². The van der Waals surface area contributed by atoms with E-state index in [1.54, 1.807) is 67.6 Å². The Balaban J connectivity index is 0.000000206. The predicted octanol–water partition coefficient (Wildman–Crippen LogP) is 9.05. The number of aromatic carboxylic acids is 1. The lowest BCUT2D eigenvalue weighted by molar-refractivity contribution is -0.154. The van der Waals surface area contributed by atoms with Crippen LogP contribution in [0.4, 0.5) is 13.2 Å². The third-order valence-electron chi connectivity index (χ3n) is 7.93. The van der Waals surface area contributed by atoms with Gasteiger partial charge in [-0.2, -0.15) is 13.2 Å². The van der Waals surface area contributed by atoms with E-state index >= 15 is 0 Å². The van der Waals surface area contributed by atoms with Crippen LogP contribution in [0.5, 0.6) is 5.88 Å². The molecule has 9 nitrogen and oxygen atoms in total. The molecule has 1 atom stereocenters. The van der Waals surface area contributed by atoms with Gasteiger partial charge in [0.15, 0.2) is 12.3 Å². The summed E-state index contributed by atoms with van der Waals surface area (Å²) in [7, 11) is 0. The Morgan fingerprint density at radius 2 is 1.35 bits per heavy atom. The van der Waals surface area contributed by atoms with E-state index < -0.39 is 30.3 Å². The highest BCUT2D eigenvalue weighted by Crippen LogP contribution is 2.39. The van der Waals surface area contributed by atoms with Crippen molar-refractivity contribution in [1.29, 1.82) is 0 Å². The van der Waals surface area contributed by atoms with Gasteiger partial charge in [-0.25, -0.2) is 14.8 Å². The molecule has 3 aromatic carbocycles. The zero-order chi connectivity index (χ0) is 37.6. The number of hydrogen-bond acceptors (Lipinski definition) is 7. The fraction of sp³-hybridized carbons (Fsp3) is 0.216. The van der Waals surface area contributed by atoms with Gasteiger partial charge >= 0.3 is 12.1 Å². The molecule has 15 heteroatoms. The molecule has 0 bridgehead atoms. The molecule has 52 heavy (non-hydrogen) atoms. The van der Waals surface area contributed by atoms with Crippen LogP contribution < -0.4 is 10.1 Å². The number of nitrogens with one attached hydrogen (secondary N) is 1. The molecule has 0 aliphatic heterocycles. The Morgan fingerprint density at radius 3 is 1.85 bits per heavy atom. The molecule has 3 N–H and O–H groups in total. The summed E-state index contributed by atoms with van der Waals surface area (Å²) in [5.41, 5.74) is 2.33. The van der Waals surface area contributed by atoms with E-state index in [0.717, 1.165) is 30.2 Å². The molecule has 0 radical (unpaired) electrons. The summed E-state index contributed by atoms with van der Waals surface area (Å²) in [4.78, 5) is 36.1. The van der Waals surface area contributed by atoms with Crippen LogP contribution in [-0.4, -0.2) is 62.0 Å². The third kappa shape index (κ3) is 10.4. The normalized spacial score (nSPS) is 13.7. The topological polar surface area (TPSA) is 135 Å². The van der Waals surface area contributed by atoms with Gasteiger partial charge in [0.25, 0.3) is 5.91 Å². The predicted molar refractivity (Wildman–Crippen MR) is 192 cm³/mol. The van der Waals surface area contributed by atoms with Gasteiger partial charge in [-0.15, -0.1) is 0 Å². The molecule has 1 amide bonds. The number of benzene rings is 3. The first-order valence-electron chi connectivity index (χ1n) is 15.7. The quantitative estimate of drug-likeness (QED) is 0.128. The fourth-order valence-electron chi connectivity index (χ4n) is 5.01. The number of amides is 1. The van der Waals surface area contributed by atoms with E-state index in [4.69, 9.17) is 44.6 Å². The minimum atomic E-state index is -4.52. The van der Waals surface area contributed by atoms with Gasteiger partial charge in [0.2, 0.25) is 5.88 Å². The second-order valence-corrected chi connectivity index (χ2v) is 13.4. The SMILES string of the molecule is CC(O)(CNC(=O)c1cnc(OCC(F)(F)F)c(-c2ccc(Cl)cc2)c1)C1CC1.O=C(O)c1cnc(-c2ccc(Cl)cc2)c(-c2ccc(Cl)cc2)n1. The highest BCUT2D eigenvalue weighted by molar-refractivity contribution is 6.31. The van der Waals surface area contributed by atoms with Crippen molar-refractivity contribution in [3.8, 4) is 39.5 Å². The molecule has 1 unspecified atom stereocenters. The molecule has 1 aliphatic carbocycles. The second-order valence-electron chi connectivity index (χ2n) is 12.1. The van der Waals surface area contributed by atoms with Crippen LogP contribution >= 0.6 is 34.8 Å². The van der Waals surface area contributed by atoms with E-state index in [9.17, 15) is 27.9 Å². The summed E-state index contributed by atoms with van der Waals surface area (Å²) in [5.74, 6) is -1.71. The molecular formula is C37H30Cl3F3N4O5. The number of ether oxygens (including phenoxy) is 1. The Kier molecular flexibility index (Phi) is 12.1. The molecule has 6 rings (SSSR count). The van der Waals surface area contributed by atoms with Crippen molar-refractivity contribution in [2.75, 3.05) is 13.2 Å². The van der Waals surface area contributed by atoms with Crippen molar-refractivity contribution < 1.29 is 37.7 Å². The van der Waals surface area contributed by atoms with Crippen LogP contribution in [0.3, 0.4) is 0 Å². The molecule has 0 spiro atoms. The summed E-state index contributed by atoms with van der Waals surface area (Å²) in [6.07, 6.45) is -0.311. The number of aromatic nitrogens is 3. The minimum Gasteiger partial charge on any atom is -0.476 e. The highest BCUT2D eigenvalue weighted by Gasteiger charge is 2.40. The molecule has 0 saturated heterocycles. The molecule has 2 heterocycles. The van der Waals surface area contributed by atoms with Crippen LogP contribution in [-0.2, 0) is 0 Å². The number of alkyl halides is 3. The van der Waals surface area contributed by atoms with Crippen molar-refractivity contribution in [3.05, 3.63) is 118 Å². The summed E-state index contributed by atoms with van der Waals surface area (Å²) < 4.78 is 42.5. The molecule has 5 aromatic rings. The van der Waals surface area contributed by atoms with Crippen molar-refractivity contribution in [2.45, 2.75) is 31.5 Å². The van der Waals surface area contributed by atoms with Crippen molar-refractivity contribution in [1.82, 2.24) is 20.3 Å². The van der Waals surface area contributed by atoms with Crippen LogP contribution in [0.15, 0.2) is 91.3 Å².